The fourth-order valence-corrected chi connectivity index (χ4v) is 3.95. The molecule has 3 rings (SSSR count). The predicted molar refractivity (Wildman–Crippen MR) is 88.4 cm³/mol. The van der Waals surface area contributed by atoms with Crippen molar-refractivity contribution in [1.82, 2.24) is 15.1 Å². The van der Waals surface area contributed by atoms with Crippen molar-refractivity contribution in [3.05, 3.63) is 30.0 Å². The first-order chi connectivity index (χ1) is 10.3. The number of nitrogens with one attached hydrogen (secondary N) is 1. The molecule has 21 heavy (non-hydrogen) atoms. The zero-order valence-electron chi connectivity index (χ0n) is 13.3. The molecule has 3 heteroatoms. The number of aromatic nitrogens is 2. The third kappa shape index (κ3) is 3.13. The average Bonchev–Trinajstić information content (AvgIpc) is 2.67. The van der Waals surface area contributed by atoms with Gasteiger partial charge in [-0.15, -0.1) is 0 Å². The van der Waals surface area contributed by atoms with Crippen LogP contribution >= 0.6 is 0 Å². The Labute approximate surface area is 127 Å². The van der Waals surface area contributed by atoms with Crippen LogP contribution in [0.2, 0.25) is 0 Å². The van der Waals surface area contributed by atoms with Crippen molar-refractivity contribution in [2.75, 3.05) is 13.6 Å². The maximum atomic E-state index is 4.81. The molecule has 0 bridgehead atoms. The smallest absolute Gasteiger partial charge is 0.0706 e. The van der Waals surface area contributed by atoms with Crippen LogP contribution in [0.4, 0.5) is 0 Å². The van der Waals surface area contributed by atoms with Gasteiger partial charge in [0.25, 0.3) is 0 Å². The summed E-state index contributed by atoms with van der Waals surface area (Å²) in [6, 6.07) is 8.63. The maximum Gasteiger partial charge on any atom is 0.0706 e. The molecular formula is C18H27N3. The van der Waals surface area contributed by atoms with E-state index in [1.807, 2.05) is 4.68 Å². The molecule has 1 aromatic heterocycles. The van der Waals surface area contributed by atoms with Crippen LogP contribution in [0.1, 0.15) is 37.8 Å². The molecule has 1 heterocycles. The number of hydrogen-bond donors (Lipinski definition) is 1. The number of benzene rings is 1. The molecule has 0 aliphatic heterocycles. The molecule has 2 aromatic rings. The highest BCUT2D eigenvalue weighted by Gasteiger charge is 2.25. The van der Waals surface area contributed by atoms with Gasteiger partial charge in [-0.05, 0) is 50.8 Å². The van der Waals surface area contributed by atoms with E-state index >= 15 is 0 Å². The second-order valence-corrected chi connectivity index (χ2v) is 6.51. The summed E-state index contributed by atoms with van der Waals surface area (Å²) in [5, 5.41) is 9.54. The molecule has 1 fully saturated rings. The normalized spacial score (nSPS) is 23.3. The van der Waals surface area contributed by atoms with Crippen LogP contribution in [-0.4, -0.2) is 23.4 Å². The molecule has 1 N–H and O–H groups in total. The molecule has 1 aromatic carbocycles. The highest BCUT2D eigenvalue weighted by molar-refractivity contribution is 5.81. The number of rotatable bonds is 4. The van der Waals surface area contributed by atoms with Crippen molar-refractivity contribution in [3.8, 4) is 0 Å². The van der Waals surface area contributed by atoms with Gasteiger partial charge < -0.3 is 5.32 Å². The Hall–Kier alpha value is -1.35. The predicted octanol–water partition coefficient (Wildman–Crippen LogP) is 3.53. The lowest BCUT2D eigenvalue weighted by Crippen LogP contribution is -2.26. The zero-order valence-corrected chi connectivity index (χ0v) is 13.3. The lowest BCUT2D eigenvalue weighted by molar-refractivity contribution is 0.302. The fourth-order valence-electron chi connectivity index (χ4n) is 3.95. The van der Waals surface area contributed by atoms with Crippen LogP contribution in [0.25, 0.3) is 10.9 Å². The lowest BCUT2D eigenvalue weighted by Gasteiger charge is -2.24. The van der Waals surface area contributed by atoms with Gasteiger partial charge in [0.05, 0.1) is 11.2 Å². The number of fused-ring (bicyclic) bond motifs is 1. The number of nitrogens with zero attached hydrogens (tertiary/aromatic N) is 2. The van der Waals surface area contributed by atoms with Gasteiger partial charge in [-0.3, -0.25) is 4.68 Å². The Morgan fingerprint density at radius 1 is 1.14 bits per heavy atom. The number of hydrogen-bond acceptors (Lipinski definition) is 2. The number of para-hydroxylation sites is 1. The largest absolute Gasteiger partial charge is 0.319 e. The standard InChI is InChI=1S/C18H27N3/c1-19-13-15-9-5-3-4-8-14(15)12-17-16-10-6-7-11-18(16)21(2)20-17/h6-7,10-11,14-15,19H,3-5,8-9,12-13H2,1-2H3. The molecule has 1 saturated carbocycles. The highest BCUT2D eigenvalue weighted by Crippen LogP contribution is 2.32. The first-order valence-electron chi connectivity index (χ1n) is 8.35. The first-order valence-corrected chi connectivity index (χ1v) is 8.35. The van der Waals surface area contributed by atoms with Crippen LogP contribution in [0.5, 0.6) is 0 Å². The van der Waals surface area contributed by atoms with Gasteiger partial charge in [-0.25, -0.2) is 0 Å². The van der Waals surface area contributed by atoms with Crippen molar-refractivity contribution in [2.24, 2.45) is 18.9 Å². The van der Waals surface area contributed by atoms with Gasteiger partial charge in [-0.2, -0.15) is 5.10 Å². The van der Waals surface area contributed by atoms with E-state index in [-0.39, 0.29) is 0 Å². The van der Waals surface area contributed by atoms with E-state index in [0.29, 0.717) is 0 Å². The Morgan fingerprint density at radius 3 is 2.71 bits per heavy atom. The summed E-state index contributed by atoms with van der Waals surface area (Å²) < 4.78 is 2.04. The second kappa shape index (κ2) is 6.61. The Bertz CT molecular complexity index is 587. The monoisotopic (exact) mass is 285 g/mol. The SMILES string of the molecule is CNCC1CCCCCC1Cc1nn(C)c2ccccc12. The minimum absolute atomic E-state index is 0.776. The third-order valence-corrected chi connectivity index (χ3v) is 5.07. The quantitative estimate of drug-likeness (QED) is 0.871. The van der Waals surface area contributed by atoms with Crippen molar-refractivity contribution >= 4 is 10.9 Å². The maximum absolute atomic E-state index is 4.81. The highest BCUT2D eigenvalue weighted by atomic mass is 15.3. The summed E-state index contributed by atoms with van der Waals surface area (Å²) in [7, 11) is 4.14. The second-order valence-electron chi connectivity index (χ2n) is 6.51. The van der Waals surface area contributed by atoms with E-state index in [1.54, 1.807) is 0 Å². The summed E-state index contributed by atoms with van der Waals surface area (Å²) in [6.45, 7) is 1.15. The molecule has 1 aliphatic carbocycles. The van der Waals surface area contributed by atoms with Gasteiger partial charge in [-0.1, -0.05) is 37.5 Å². The van der Waals surface area contributed by atoms with E-state index in [2.05, 4.69) is 43.7 Å². The first kappa shape index (κ1) is 14.6. The van der Waals surface area contributed by atoms with Gasteiger partial charge >= 0.3 is 0 Å². The van der Waals surface area contributed by atoms with E-state index in [0.717, 1.165) is 24.8 Å². The summed E-state index contributed by atoms with van der Waals surface area (Å²) in [5.74, 6) is 1.58. The van der Waals surface area contributed by atoms with Gasteiger partial charge in [0.2, 0.25) is 0 Å². The van der Waals surface area contributed by atoms with Crippen LogP contribution in [-0.2, 0) is 13.5 Å². The molecule has 0 spiro atoms. The minimum Gasteiger partial charge on any atom is -0.319 e. The van der Waals surface area contributed by atoms with Crippen molar-refractivity contribution in [3.63, 3.8) is 0 Å². The Kier molecular flexibility index (Phi) is 4.59. The van der Waals surface area contributed by atoms with Crippen LogP contribution < -0.4 is 5.32 Å². The Morgan fingerprint density at radius 2 is 1.90 bits per heavy atom. The van der Waals surface area contributed by atoms with Gasteiger partial charge in [0.15, 0.2) is 0 Å². The summed E-state index contributed by atoms with van der Waals surface area (Å²) in [6.07, 6.45) is 8.04. The molecular weight excluding hydrogens is 258 g/mol. The molecule has 3 nitrogen and oxygen atoms in total. The zero-order chi connectivity index (χ0) is 14.7. The lowest BCUT2D eigenvalue weighted by atomic mass is 9.84. The van der Waals surface area contributed by atoms with Gasteiger partial charge in [0, 0.05) is 12.4 Å². The van der Waals surface area contributed by atoms with Crippen molar-refractivity contribution in [2.45, 2.75) is 38.5 Å². The van der Waals surface area contributed by atoms with Crippen LogP contribution in [0.15, 0.2) is 24.3 Å². The molecule has 114 valence electrons. The van der Waals surface area contributed by atoms with Crippen molar-refractivity contribution in [1.29, 1.82) is 0 Å². The summed E-state index contributed by atoms with van der Waals surface area (Å²) in [4.78, 5) is 0. The van der Waals surface area contributed by atoms with Crippen molar-refractivity contribution < 1.29 is 0 Å². The molecule has 0 saturated heterocycles. The molecule has 1 aliphatic rings. The number of aryl methyl sites for hydroxylation is 1. The molecule has 2 atom stereocenters. The third-order valence-electron chi connectivity index (χ3n) is 5.07. The van der Waals surface area contributed by atoms with Crippen LogP contribution in [0.3, 0.4) is 0 Å². The molecule has 0 radical (unpaired) electrons. The van der Waals surface area contributed by atoms with E-state index in [4.69, 9.17) is 5.10 Å². The van der Waals surface area contributed by atoms with Gasteiger partial charge in [0.1, 0.15) is 0 Å². The topological polar surface area (TPSA) is 29.9 Å². The average molecular weight is 285 g/mol. The molecule has 2 unspecified atom stereocenters. The van der Waals surface area contributed by atoms with E-state index in [1.165, 1.54) is 48.7 Å². The summed E-state index contributed by atoms with van der Waals surface area (Å²) in [5.41, 5.74) is 2.55. The Balaban J connectivity index is 1.85. The molecule has 0 amide bonds. The van der Waals surface area contributed by atoms with Crippen LogP contribution in [0, 0.1) is 11.8 Å². The van der Waals surface area contributed by atoms with E-state index in [9.17, 15) is 0 Å². The summed E-state index contributed by atoms with van der Waals surface area (Å²) >= 11 is 0. The minimum atomic E-state index is 0.776. The fraction of sp³-hybridized carbons (Fsp3) is 0.611. The van der Waals surface area contributed by atoms with E-state index < -0.39 is 0 Å².